The fourth-order valence-electron chi connectivity index (χ4n) is 3.86. The van der Waals surface area contributed by atoms with Crippen molar-refractivity contribution in [1.82, 2.24) is 29.8 Å². The first-order chi connectivity index (χ1) is 12.4. The van der Waals surface area contributed by atoms with Crippen molar-refractivity contribution < 1.29 is 14.3 Å². The third-order valence-electron chi connectivity index (χ3n) is 5.40. The number of hydrogen-bond donors (Lipinski definition) is 1. The van der Waals surface area contributed by atoms with Gasteiger partial charge in [0.1, 0.15) is 17.3 Å². The minimum absolute atomic E-state index is 0.0343. The molecule has 142 valence electrons. The van der Waals surface area contributed by atoms with Gasteiger partial charge in [-0.3, -0.25) is 9.58 Å². The molecule has 0 radical (unpaired) electrons. The average molecular weight is 383 g/mol. The summed E-state index contributed by atoms with van der Waals surface area (Å²) in [6.45, 7) is 7.05. The van der Waals surface area contributed by atoms with Crippen LogP contribution in [0.4, 0.5) is 9.59 Å². The Morgan fingerprint density at radius 2 is 1.96 bits per heavy atom. The minimum Gasteiger partial charge on any atom is -0.447 e. The fourth-order valence-corrected chi connectivity index (χ4v) is 4.09. The van der Waals surface area contributed by atoms with Crippen LogP contribution >= 0.6 is 11.6 Å². The summed E-state index contributed by atoms with van der Waals surface area (Å²) in [5.74, 6) is 0. The lowest BCUT2D eigenvalue weighted by molar-refractivity contribution is 0.0425. The quantitative estimate of drug-likeness (QED) is 0.801. The molecule has 0 atom stereocenters. The van der Waals surface area contributed by atoms with E-state index in [9.17, 15) is 9.59 Å². The number of cyclic esters (lactones) is 1. The van der Waals surface area contributed by atoms with Gasteiger partial charge >= 0.3 is 12.1 Å². The number of aromatic nitrogens is 2. The van der Waals surface area contributed by atoms with E-state index in [1.807, 2.05) is 18.9 Å². The monoisotopic (exact) mass is 382 g/mol. The largest absolute Gasteiger partial charge is 0.447 e. The van der Waals surface area contributed by atoms with Crippen molar-refractivity contribution >= 4 is 23.7 Å². The van der Waals surface area contributed by atoms with Crippen LogP contribution in [0.1, 0.15) is 11.3 Å². The highest BCUT2D eigenvalue weighted by atomic mass is 35.5. The number of carbonyl (C=O) groups excluding carboxylic acids is 2. The summed E-state index contributed by atoms with van der Waals surface area (Å²) in [5, 5.41) is 7.82. The minimum atomic E-state index is -0.393. The van der Waals surface area contributed by atoms with Gasteiger partial charge in [-0.05, 0) is 6.92 Å². The Labute approximate surface area is 156 Å². The molecule has 0 unspecified atom stereocenters. The predicted molar refractivity (Wildman–Crippen MR) is 94.0 cm³/mol. The lowest BCUT2D eigenvalue weighted by Gasteiger charge is -2.48. The Bertz CT molecular complexity index is 737. The molecular weight excluding hydrogens is 360 g/mol. The standard InChI is InChI=1S/C16H23ClN6O3/c1-11-12(13(17)20(2)19-11)7-21-3-5-22(6-4-21)15(25)23-8-16(9-23)10-26-14(24)18-16/h3-10H2,1-2H3,(H,18,24). The molecule has 1 aromatic rings. The highest BCUT2D eigenvalue weighted by Gasteiger charge is 2.52. The number of piperazine rings is 1. The Hall–Kier alpha value is -2.00. The number of likely N-dealkylation sites (tertiary alicyclic amines) is 1. The van der Waals surface area contributed by atoms with Gasteiger partial charge in [-0.1, -0.05) is 11.6 Å². The summed E-state index contributed by atoms with van der Waals surface area (Å²) in [4.78, 5) is 29.8. The van der Waals surface area contributed by atoms with E-state index in [4.69, 9.17) is 16.3 Å². The van der Waals surface area contributed by atoms with Crippen molar-refractivity contribution in [2.24, 2.45) is 7.05 Å². The third-order valence-corrected chi connectivity index (χ3v) is 5.87. The van der Waals surface area contributed by atoms with Crippen LogP contribution in [0.3, 0.4) is 0 Å². The van der Waals surface area contributed by atoms with Gasteiger partial charge < -0.3 is 19.9 Å². The van der Waals surface area contributed by atoms with E-state index >= 15 is 0 Å². The zero-order valence-electron chi connectivity index (χ0n) is 15.0. The van der Waals surface area contributed by atoms with E-state index in [0.717, 1.165) is 30.9 Å². The van der Waals surface area contributed by atoms with Crippen molar-refractivity contribution in [2.45, 2.75) is 19.0 Å². The normalized spacial score (nSPS) is 22.3. The first-order valence-corrected chi connectivity index (χ1v) is 9.14. The molecule has 0 bridgehead atoms. The number of alkyl carbamates (subject to hydrolysis) is 1. The molecule has 3 amide bonds. The van der Waals surface area contributed by atoms with Crippen LogP contribution in [0.15, 0.2) is 0 Å². The number of halogens is 1. The number of nitrogens with one attached hydrogen (secondary N) is 1. The summed E-state index contributed by atoms with van der Waals surface area (Å²) in [5.41, 5.74) is 1.63. The molecule has 3 fully saturated rings. The zero-order valence-corrected chi connectivity index (χ0v) is 15.8. The summed E-state index contributed by atoms with van der Waals surface area (Å²) in [6, 6.07) is 0.0343. The lowest BCUT2D eigenvalue weighted by Crippen LogP contribution is -2.71. The maximum Gasteiger partial charge on any atom is 0.407 e. The van der Waals surface area contributed by atoms with E-state index in [2.05, 4.69) is 15.3 Å². The van der Waals surface area contributed by atoms with Gasteiger partial charge in [0.25, 0.3) is 0 Å². The third kappa shape index (κ3) is 2.99. The number of aryl methyl sites for hydroxylation is 2. The van der Waals surface area contributed by atoms with E-state index in [-0.39, 0.29) is 11.6 Å². The van der Waals surface area contributed by atoms with Crippen molar-refractivity contribution in [2.75, 3.05) is 45.9 Å². The van der Waals surface area contributed by atoms with E-state index in [1.165, 1.54) is 0 Å². The molecule has 26 heavy (non-hydrogen) atoms. The highest BCUT2D eigenvalue weighted by molar-refractivity contribution is 6.30. The number of rotatable bonds is 2. The maximum atomic E-state index is 12.6. The number of nitrogens with zero attached hydrogens (tertiary/aromatic N) is 5. The van der Waals surface area contributed by atoms with E-state index in [1.54, 1.807) is 9.58 Å². The van der Waals surface area contributed by atoms with Crippen LogP contribution in [0.25, 0.3) is 0 Å². The van der Waals surface area contributed by atoms with Gasteiger partial charge in [-0.25, -0.2) is 9.59 Å². The molecule has 4 heterocycles. The number of carbonyl (C=O) groups is 2. The molecule has 1 N–H and O–H groups in total. The van der Waals surface area contributed by atoms with Crippen LogP contribution in [0.2, 0.25) is 5.15 Å². The summed E-state index contributed by atoms with van der Waals surface area (Å²) >= 11 is 6.31. The Kier molecular flexibility index (Phi) is 4.23. The van der Waals surface area contributed by atoms with Crippen LogP contribution in [0.5, 0.6) is 0 Å². The predicted octanol–water partition coefficient (Wildman–Crippen LogP) is 0.414. The Balaban J connectivity index is 1.27. The molecular formula is C16H23ClN6O3. The van der Waals surface area contributed by atoms with Crippen molar-refractivity contribution in [3.63, 3.8) is 0 Å². The zero-order chi connectivity index (χ0) is 18.5. The Morgan fingerprint density at radius 1 is 1.27 bits per heavy atom. The second-order valence-corrected chi connectivity index (χ2v) is 7.72. The smallest absolute Gasteiger partial charge is 0.407 e. The molecule has 10 heteroatoms. The first kappa shape index (κ1) is 17.4. The summed E-state index contributed by atoms with van der Waals surface area (Å²) < 4.78 is 6.64. The molecule has 3 aliphatic rings. The SMILES string of the molecule is Cc1nn(C)c(Cl)c1CN1CCN(C(=O)N2CC3(COC(=O)N3)C2)CC1. The highest BCUT2D eigenvalue weighted by Crippen LogP contribution is 2.27. The van der Waals surface area contributed by atoms with Crippen molar-refractivity contribution in [3.8, 4) is 0 Å². The number of urea groups is 1. The van der Waals surface area contributed by atoms with Gasteiger partial charge in [0.15, 0.2) is 0 Å². The van der Waals surface area contributed by atoms with Crippen LogP contribution in [-0.2, 0) is 18.3 Å². The van der Waals surface area contributed by atoms with Crippen molar-refractivity contribution in [1.29, 1.82) is 0 Å². The van der Waals surface area contributed by atoms with Gasteiger partial charge in [-0.2, -0.15) is 5.10 Å². The van der Waals surface area contributed by atoms with Crippen LogP contribution < -0.4 is 5.32 Å². The van der Waals surface area contributed by atoms with E-state index < -0.39 is 6.09 Å². The number of amides is 3. The van der Waals surface area contributed by atoms with E-state index in [0.29, 0.717) is 37.9 Å². The molecule has 9 nitrogen and oxygen atoms in total. The molecule has 3 aliphatic heterocycles. The molecule has 0 aliphatic carbocycles. The lowest BCUT2D eigenvalue weighted by atomic mass is 9.92. The van der Waals surface area contributed by atoms with Crippen molar-refractivity contribution in [3.05, 3.63) is 16.4 Å². The maximum absolute atomic E-state index is 12.6. The molecule has 0 aromatic carbocycles. The van der Waals surface area contributed by atoms with Gasteiger partial charge in [-0.15, -0.1) is 0 Å². The molecule has 1 aromatic heterocycles. The first-order valence-electron chi connectivity index (χ1n) is 8.76. The van der Waals surface area contributed by atoms with Crippen LogP contribution in [0, 0.1) is 6.92 Å². The van der Waals surface area contributed by atoms with Gasteiger partial charge in [0.2, 0.25) is 0 Å². The topological polar surface area (TPSA) is 82.9 Å². The molecule has 1 spiro atoms. The molecule has 3 saturated heterocycles. The average Bonchev–Trinajstić information content (AvgIpc) is 3.09. The molecule has 0 saturated carbocycles. The second-order valence-electron chi connectivity index (χ2n) is 7.36. The number of ether oxygens (including phenoxy) is 1. The molecule has 4 rings (SSSR count). The Morgan fingerprint density at radius 3 is 2.50 bits per heavy atom. The summed E-state index contributed by atoms with van der Waals surface area (Å²) in [7, 11) is 1.84. The summed E-state index contributed by atoms with van der Waals surface area (Å²) in [6.07, 6.45) is -0.393. The fraction of sp³-hybridized carbons (Fsp3) is 0.688. The van der Waals surface area contributed by atoms with Gasteiger partial charge in [0, 0.05) is 45.3 Å². The number of hydrogen-bond acceptors (Lipinski definition) is 5. The van der Waals surface area contributed by atoms with Crippen LogP contribution in [-0.4, -0.2) is 88.0 Å². The second kappa shape index (κ2) is 6.31. The van der Waals surface area contributed by atoms with Gasteiger partial charge in [0.05, 0.1) is 18.8 Å².